The minimum absolute atomic E-state index is 0.0203. The van der Waals surface area contributed by atoms with E-state index in [1.54, 1.807) is 0 Å². The number of rotatable bonds is 5. The minimum atomic E-state index is -0.148. The molecule has 1 fully saturated rings. The van der Waals surface area contributed by atoms with Crippen LogP contribution < -0.4 is 0 Å². The summed E-state index contributed by atoms with van der Waals surface area (Å²) in [7, 11) is 0. The van der Waals surface area contributed by atoms with Gasteiger partial charge in [-0.2, -0.15) is 0 Å². The van der Waals surface area contributed by atoms with E-state index in [2.05, 4.69) is 27.7 Å². The summed E-state index contributed by atoms with van der Waals surface area (Å²) >= 11 is 0. The molecular weight excluding hydrogens is 176 g/mol. The fourth-order valence-corrected chi connectivity index (χ4v) is 1.78. The van der Waals surface area contributed by atoms with Gasteiger partial charge in [-0.1, -0.05) is 26.7 Å². The standard InChI is InChI=1S/C12H24O2/c1-5-11(3,4)13-14-12(6-2)9-7-8-10-12/h5-10H2,1-4H3. The summed E-state index contributed by atoms with van der Waals surface area (Å²) in [6.07, 6.45) is 6.92. The van der Waals surface area contributed by atoms with Gasteiger partial charge in [0.1, 0.15) is 5.60 Å². The Balaban J connectivity index is 2.41. The third kappa shape index (κ3) is 2.96. The monoisotopic (exact) mass is 200 g/mol. The van der Waals surface area contributed by atoms with Gasteiger partial charge in [0.25, 0.3) is 0 Å². The highest BCUT2D eigenvalue weighted by Gasteiger charge is 2.36. The summed E-state index contributed by atoms with van der Waals surface area (Å²) in [5.41, 5.74) is -0.128. The first-order valence-electron chi connectivity index (χ1n) is 5.90. The summed E-state index contributed by atoms with van der Waals surface area (Å²) < 4.78 is 0. The summed E-state index contributed by atoms with van der Waals surface area (Å²) in [4.78, 5) is 11.3. The molecule has 2 nitrogen and oxygen atoms in total. The highest BCUT2D eigenvalue weighted by Crippen LogP contribution is 2.37. The van der Waals surface area contributed by atoms with E-state index in [1.165, 1.54) is 12.8 Å². The van der Waals surface area contributed by atoms with Crippen LogP contribution in [0.15, 0.2) is 0 Å². The average Bonchev–Trinajstić information content (AvgIpc) is 2.65. The van der Waals surface area contributed by atoms with E-state index < -0.39 is 0 Å². The van der Waals surface area contributed by atoms with Crippen LogP contribution >= 0.6 is 0 Å². The first-order valence-corrected chi connectivity index (χ1v) is 5.90. The van der Waals surface area contributed by atoms with Crippen LogP contribution in [0.25, 0.3) is 0 Å². The third-order valence-corrected chi connectivity index (χ3v) is 3.45. The second-order valence-corrected chi connectivity index (χ2v) is 5.02. The van der Waals surface area contributed by atoms with Crippen molar-refractivity contribution in [2.45, 2.75) is 77.4 Å². The molecule has 0 N–H and O–H groups in total. The molecule has 1 rings (SSSR count). The Labute approximate surface area is 87.9 Å². The molecule has 0 aromatic carbocycles. The molecule has 1 aliphatic rings. The molecule has 84 valence electrons. The fraction of sp³-hybridized carbons (Fsp3) is 1.00. The van der Waals surface area contributed by atoms with Crippen molar-refractivity contribution in [1.82, 2.24) is 0 Å². The van der Waals surface area contributed by atoms with Gasteiger partial charge in [-0.05, 0) is 39.5 Å². The molecule has 0 spiro atoms. The first kappa shape index (κ1) is 12.0. The number of hydrogen-bond acceptors (Lipinski definition) is 2. The molecule has 14 heavy (non-hydrogen) atoms. The molecule has 0 atom stereocenters. The summed E-state index contributed by atoms with van der Waals surface area (Å²) in [6.45, 7) is 8.46. The molecule has 2 heteroatoms. The molecule has 0 bridgehead atoms. The van der Waals surface area contributed by atoms with Crippen molar-refractivity contribution in [3.05, 3.63) is 0 Å². The predicted molar refractivity (Wildman–Crippen MR) is 58.0 cm³/mol. The molecule has 0 aromatic rings. The lowest BCUT2D eigenvalue weighted by Crippen LogP contribution is -2.34. The largest absolute Gasteiger partial charge is 0.230 e. The quantitative estimate of drug-likeness (QED) is 0.496. The normalized spacial score (nSPS) is 21.4. The van der Waals surface area contributed by atoms with Crippen LogP contribution in [0.4, 0.5) is 0 Å². The molecule has 0 unspecified atom stereocenters. The van der Waals surface area contributed by atoms with Gasteiger partial charge in [0.05, 0.1) is 5.60 Å². The van der Waals surface area contributed by atoms with Gasteiger partial charge in [0, 0.05) is 0 Å². The van der Waals surface area contributed by atoms with Crippen LogP contribution in [0.3, 0.4) is 0 Å². The first-order chi connectivity index (χ1) is 6.54. The highest BCUT2D eigenvalue weighted by molar-refractivity contribution is 4.84. The van der Waals surface area contributed by atoms with E-state index in [-0.39, 0.29) is 11.2 Å². The van der Waals surface area contributed by atoms with Crippen molar-refractivity contribution in [2.24, 2.45) is 0 Å². The summed E-state index contributed by atoms with van der Waals surface area (Å²) in [5.74, 6) is 0. The Morgan fingerprint density at radius 2 is 1.71 bits per heavy atom. The van der Waals surface area contributed by atoms with Gasteiger partial charge >= 0.3 is 0 Å². The lowest BCUT2D eigenvalue weighted by molar-refractivity contribution is -0.407. The van der Waals surface area contributed by atoms with Crippen molar-refractivity contribution < 1.29 is 9.78 Å². The molecular formula is C12H24O2. The van der Waals surface area contributed by atoms with Crippen LogP contribution in [0.5, 0.6) is 0 Å². The van der Waals surface area contributed by atoms with Gasteiger partial charge in [0.15, 0.2) is 0 Å². The van der Waals surface area contributed by atoms with Gasteiger partial charge < -0.3 is 0 Å². The van der Waals surface area contributed by atoms with Crippen LogP contribution in [0.2, 0.25) is 0 Å². The van der Waals surface area contributed by atoms with E-state index in [1.807, 2.05) is 0 Å². The van der Waals surface area contributed by atoms with Crippen molar-refractivity contribution in [3.63, 3.8) is 0 Å². The van der Waals surface area contributed by atoms with Crippen molar-refractivity contribution in [3.8, 4) is 0 Å². The zero-order valence-corrected chi connectivity index (χ0v) is 10.1. The fourth-order valence-electron chi connectivity index (χ4n) is 1.78. The summed E-state index contributed by atoms with van der Waals surface area (Å²) in [6, 6.07) is 0. The lowest BCUT2D eigenvalue weighted by Gasteiger charge is -2.31. The Hall–Kier alpha value is -0.0800. The average molecular weight is 200 g/mol. The SMILES string of the molecule is CCC(C)(C)OOC1(CC)CCCC1. The smallest absolute Gasteiger partial charge is 0.103 e. The van der Waals surface area contributed by atoms with E-state index in [4.69, 9.17) is 9.78 Å². The molecule has 0 amide bonds. The molecule has 0 saturated heterocycles. The van der Waals surface area contributed by atoms with Gasteiger partial charge in [0.2, 0.25) is 0 Å². The zero-order chi connectivity index (χ0) is 10.7. The topological polar surface area (TPSA) is 18.5 Å². The third-order valence-electron chi connectivity index (χ3n) is 3.45. The van der Waals surface area contributed by atoms with E-state index >= 15 is 0 Å². The van der Waals surface area contributed by atoms with Crippen LogP contribution in [-0.4, -0.2) is 11.2 Å². The molecule has 0 radical (unpaired) electrons. The molecule has 0 aliphatic heterocycles. The highest BCUT2D eigenvalue weighted by atomic mass is 17.2. The molecule has 0 aromatic heterocycles. The minimum Gasteiger partial charge on any atom is -0.230 e. The Morgan fingerprint density at radius 3 is 2.14 bits per heavy atom. The Bertz CT molecular complexity index is 169. The predicted octanol–water partition coefficient (Wildman–Crippen LogP) is 3.85. The van der Waals surface area contributed by atoms with E-state index in [0.717, 1.165) is 25.7 Å². The lowest BCUT2D eigenvalue weighted by atomic mass is 9.99. The van der Waals surface area contributed by atoms with Gasteiger partial charge in [-0.25, -0.2) is 9.78 Å². The van der Waals surface area contributed by atoms with Crippen LogP contribution in [0.1, 0.15) is 66.2 Å². The maximum Gasteiger partial charge on any atom is 0.103 e. The maximum atomic E-state index is 5.70. The molecule has 1 saturated carbocycles. The van der Waals surface area contributed by atoms with Crippen molar-refractivity contribution in [1.29, 1.82) is 0 Å². The Morgan fingerprint density at radius 1 is 1.14 bits per heavy atom. The summed E-state index contributed by atoms with van der Waals surface area (Å²) in [5, 5.41) is 0. The zero-order valence-electron chi connectivity index (χ0n) is 10.1. The van der Waals surface area contributed by atoms with Gasteiger partial charge in [-0.3, -0.25) is 0 Å². The van der Waals surface area contributed by atoms with Gasteiger partial charge in [-0.15, -0.1) is 0 Å². The van der Waals surface area contributed by atoms with Crippen molar-refractivity contribution >= 4 is 0 Å². The van der Waals surface area contributed by atoms with E-state index in [9.17, 15) is 0 Å². The second kappa shape index (κ2) is 4.63. The van der Waals surface area contributed by atoms with Crippen molar-refractivity contribution in [2.75, 3.05) is 0 Å². The van der Waals surface area contributed by atoms with Crippen LogP contribution in [-0.2, 0) is 9.78 Å². The second-order valence-electron chi connectivity index (χ2n) is 5.02. The molecule has 0 heterocycles. The maximum absolute atomic E-state index is 5.70. The van der Waals surface area contributed by atoms with Crippen LogP contribution in [0, 0.1) is 0 Å². The van der Waals surface area contributed by atoms with E-state index in [0.29, 0.717) is 0 Å². The number of hydrogen-bond donors (Lipinski definition) is 0. The Kier molecular flexibility index (Phi) is 3.96. The molecule has 1 aliphatic carbocycles.